The Morgan fingerprint density at radius 1 is 1.25 bits per heavy atom. The minimum atomic E-state index is 0.984. The van der Waals surface area contributed by atoms with Gasteiger partial charge in [-0.05, 0) is 29.5 Å². The number of hydrogen-bond donors (Lipinski definition) is 0. The molecule has 0 aliphatic heterocycles. The third kappa shape index (κ3) is 1.16. The Labute approximate surface area is 83.4 Å². The number of halogens is 1. The predicted octanol–water partition coefficient (Wildman–Crippen LogP) is 1.94. The van der Waals surface area contributed by atoms with Crippen LogP contribution in [0, 0.1) is 10.5 Å². The van der Waals surface area contributed by atoms with Gasteiger partial charge in [-0.1, -0.05) is 0 Å². The Kier molecular flexibility index (Phi) is 1.92. The van der Waals surface area contributed by atoms with Crippen LogP contribution in [-0.2, 0) is 0 Å². The van der Waals surface area contributed by atoms with Crippen LogP contribution in [-0.4, -0.2) is 15.0 Å². The SMILES string of the molecule is Cc1ncc2cncnc2c1I. The maximum atomic E-state index is 4.22. The molecule has 12 heavy (non-hydrogen) atoms. The average molecular weight is 271 g/mol. The van der Waals surface area contributed by atoms with Gasteiger partial charge in [0.15, 0.2) is 0 Å². The summed E-state index contributed by atoms with van der Waals surface area (Å²) in [6, 6.07) is 0. The maximum absolute atomic E-state index is 4.22. The van der Waals surface area contributed by atoms with Gasteiger partial charge in [0, 0.05) is 17.8 Å². The van der Waals surface area contributed by atoms with Crippen molar-refractivity contribution in [3.8, 4) is 0 Å². The molecule has 60 valence electrons. The summed E-state index contributed by atoms with van der Waals surface area (Å²) in [6.07, 6.45) is 5.13. The van der Waals surface area contributed by atoms with E-state index in [1.807, 2.05) is 6.92 Å². The van der Waals surface area contributed by atoms with E-state index in [-0.39, 0.29) is 0 Å². The normalized spacial score (nSPS) is 10.5. The van der Waals surface area contributed by atoms with Crippen molar-refractivity contribution in [1.82, 2.24) is 15.0 Å². The first-order valence-electron chi connectivity index (χ1n) is 3.50. The van der Waals surface area contributed by atoms with Crippen LogP contribution in [0.5, 0.6) is 0 Å². The highest BCUT2D eigenvalue weighted by molar-refractivity contribution is 14.1. The van der Waals surface area contributed by atoms with E-state index in [0.29, 0.717) is 0 Å². The topological polar surface area (TPSA) is 38.7 Å². The second-order valence-electron chi connectivity index (χ2n) is 2.48. The van der Waals surface area contributed by atoms with Crippen LogP contribution in [0.4, 0.5) is 0 Å². The van der Waals surface area contributed by atoms with Gasteiger partial charge < -0.3 is 0 Å². The monoisotopic (exact) mass is 271 g/mol. The summed E-state index contributed by atoms with van der Waals surface area (Å²) >= 11 is 2.25. The maximum Gasteiger partial charge on any atom is 0.116 e. The molecular formula is C8H6IN3. The van der Waals surface area contributed by atoms with Crippen molar-refractivity contribution >= 4 is 33.5 Å². The van der Waals surface area contributed by atoms with Gasteiger partial charge in [0.25, 0.3) is 0 Å². The second kappa shape index (κ2) is 2.93. The standard InChI is InChI=1S/C8H6IN3/c1-5-7(9)8-6(3-11-5)2-10-4-12-8/h2-4H,1H3. The summed E-state index contributed by atoms with van der Waals surface area (Å²) in [7, 11) is 0. The Hall–Kier alpha value is -0.780. The van der Waals surface area contributed by atoms with Gasteiger partial charge in [-0.3, -0.25) is 4.98 Å². The lowest BCUT2D eigenvalue weighted by molar-refractivity contribution is 1.16. The Bertz CT molecular complexity index is 428. The molecule has 0 amide bonds. The molecule has 0 unspecified atom stereocenters. The average Bonchev–Trinajstić information content (AvgIpc) is 2.12. The summed E-state index contributed by atoms with van der Waals surface area (Å²) in [5.74, 6) is 0. The van der Waals surface area contributed by atoms with Crippen molar-refractivity contribution in [3.05, 3.63) is 28.0 Å². The lowest BCUT2D eigenvalue weighted by atomic mass is 10.3. The molecule has 4 heteroatoms. The van der Waals surface area contributed by atoms with Gasteiger partial charge in [-0.25, -0.2) is 9.97 Å². The second-order valence-corrected chi connectivity index (χ2v) is 3.56. The fourth-order valence-corrected chi connectivity index (χ4v) is 1.60. The highest BCUT2D eigenvalue weighted by Crippen LogP contribution is 2.18. The molecule has 0 aliphatic carbocycles. The highest BCUT2D eigenvalue weighted by atomic mass is 127. The zero-order valence-corrected chi connectivity index (χ0v) is 8.61. The quantitative estimate of drug-likeness (QED) is 0.687. The van der Waals surface area contributed by atoms with Crippen LogP contribution in [0.15, 0.2) is 18.7 Å². The Morgan fingerprint density at radius 3 is 2.92 bits per heavy atom. The molecule has 0 aliphatic rings. The molecule has 0 radical (unpaired) electrons. The summed E-state index contributed by atoms with van der Waals surface area (Å²) < 4.78 is 1.10. The van der Waals surface area contributed by atoms with Crippen LogP contribution >= 0.6 is 22.6 Å². The molecular weight excluding hydrogens is 265 g/mol. The van der Waals surface area contributed by atoms with Gasteiger partial charge >= 0.3 is 0 Å². The van der Waals surface area contributed by atoms with Crippen molar-refractivity contribution in [2.45, 2.75) is 6.92 Å². The molecule has 0 N–H and O–H groups in total. The molecule has 0 saturated carbocycles. The summed E-state index contributed by atoms with van der Waals surface area (Å²) in [4.78, 5) is 12.3. The van der Waals surface area contributed by atoms with E-state index in [0.717, 1.165) is 20.2 Å². The number of fused-ring (bicyclic) bond motifs is 1. The van der Waals surface area contributed by atoms with Crippen molar-refractivity contribution in [2.24, 2.45) is 0 Å². The third-order valence-corrected chi connectivity index (χ3v) is 2.95. The molecule has 0 fully saturated rings. The number of aromatic nitrogens is 3. The van der Waals surface area contributed by atoms with E-state index < -0.39 is 0 Å². The van der Waals surface area contributed by atoms with Crippen molar-refractivity contribution in [1.29, 1.82) is 0 Å². The molecule has 2 aromatic rings. The summed E-state index contributed by atoms with van der Waals surface area (Å²) in [6.45, 7) is 1.98. The summed E-state index contributed by atoms with van der Waals surface area (Å²) in [5, 5.41) is 0.993. The summed E-state index contributed by atoms with van der Waals surface area (Å²) in [5.41, 5.74) is 2.00. The molecule has 0 atom stereocenters. The van der Waals surface area contributed by atoms with E-state index in [1.165, 1.54) is 0 Å². The van der Waals surface area contributed by atoms with Crippen molar-refractivity contribution < 1.29 is 0 Å². The number of aryl methyl sites for hydroxylation is 1. The highest BCUT2D eigenvalue weighted by Gasteiger charge is 2.02. The fraction of sp³-hybridized carbons (Fsp3) is 0.125. The number of pyridine rings is 1. The van der Waals surface area contributed by atoms with E-state index in [4.69, 9.17) is 0 Å². The van der Waals surface area contributed by atoms with Gasteiger partial charge in [-0.15, -0.1) is 0 Å². The van der Waals surface area contributed by atoms with Crippen LogP contribution in [0.1, 0.15) is 5.69 Å². The van der Waals surface area contributed by atoms with Crippen LogP contribution < -0.4 is 0 Å². The van der Waals surface area contributed by atoms with Crippen molar-refractivity contribution in [3.63, 3.8) is 0 Å². The van der Waals surface area contributed by atoms with Crippen LogP contribution in [0.2, 0.25) is 0 Å². The number of hydrogen-bond acceptors (Lipinski definition) is 3. The zero-order chi connectivity index (χ0) is 8.55. The van der Waals surface area contributed by atoms with Gasteiger partial charge in [-0.2, -0.15) is 0 Å². The van der Waals surface area contributed by atoms with Gasteiger partial charge in [0.05, 0.1) is 14.8 Å². The smallest absolute Gasteiger partial charge is 0.116 e. The third-order valence-electron chi connectivity index (χ3n) is 1.66. The van der Waals surface area contributed by atoms with Crippen molar-refractivity contribution in [2.75, 3.05) is 0 Å². The molecule has 0 saturated heterocycles. The molecule has 0 aromatic carbocycles. The molecule has 3 nitrogen and oxygen atoms in total. The minimum absolute atomic E-state index is 0.984. The zero-order valence-electron chi connectivity index (χ0n) is 6.45. The van der Waals surface area contributed by atoms with E-state index in [1.54, 1.807) is 18.7 Å². The number of nitrogens with zero attached hydrogens (tertiary/aromatic N) is 3. The van der Waals surface area contributed by atoms with Gasteiger partial charge in [0.2, 0.25) is 0 Å². The van der Waals surface area contributed by atoms with E-state index >= 15 is 0 Å². The molecule has 2 rings (SSSR count). The van der Waals surface area contributed by atoms with E-state index in [2.05, 4.69) is 37.5 Å². The molecule has 0 spiro atoms. The Balaban J connectivity index is 2.91. The number of rotatable bonds is 0. The molecule has 2 aromatic heterocycles. The predicted molar refractivity (Wildman–Crippen MR) is 54.8 cm³/mol. The lowest BCUT2D eigenvalue weighted by Crippen LogP contribution is -1.90. The van der Waals surface area contributed by atoms with E-state index in [9.17, 15) is 0 Å². The first-order chi connectivity index (χ1) is 5.79. The molecule has 2 heterocycles. The van der Waals surface area contributed by atoms with Crippen LogP contribution in [0.3, 0.4) is 0 Å². The first-order valence-corrected chi connectivity index (χ1v) is 4.58. The first kappa shape index (κ1) is 7.85. The van der Waals surface area contributed by atoms with Crippen LogP contribution in [0.25, 0.3) is 10.9 Å². The fourth-order valence-electron chi connectivity index (χ4n) is 1.01. The Morgan fingerprint density at radius 2 is 2.08 bits per heavy atom. The minimum Gasteiger partial charge on any atom is -0.260 e. The lowest BCUT2D eigenvalue weighted by Gasteiger charge is -2.00. The largest absolute Gasteiger partial charge is 0.260 e. The molecule has 0 bridgehead atoms. The van der Waals surface area contributed by atoms with Gasteiger partial charge in [0.1, 0.15) is 6.33 Å².